The van der Waals surface area contributed by atoms with Crippen molar-refractivity contribution in [1.29, 1.82) is 0 Å². The lowest BCUT2D eigenvalue weighted by Gasteiger charge is -2.35. The van der Waals surface area contributed by atoms with E-state index in [4.69, 9.17) is 9.47 Å². The van der Waals surface area contributed by atoms with E-state index in [0.717, 1.165) is 59.0 Å². The van der Waals surface area contributed by atoms with Crippen LogP contribution in [0.4, 0.5) is 5.69 Å². The van der Waals surface area contributed by atoms with Crippen molar-refractivity contribution in [2.75, 3.05) is 57.4 Å². The Labute approximate surface area is 145 Å². The number of ether oxygens (including phenoxy) is 2. The van der Waals surface area contributed by atoms with Crippen molar-refractivity contribution >= 4 is 5.69 Å². The number of hydrogen-bond donors (Lipinski definition) is 1. The molecule has 0 spiro atoms. The van der Waals surface area contributed by atoms with Gasteiger partial charge in [-0.25, -0.2) is 0 Å². The quantitative estimate of drug-likeness (QED) is 0.803. The minimum atomic E-state index is 0.343. The van der Waals surface area contributed by atoms with E-state index < -0.39 is 0 Å². The molecule has 2 fully saturated rings. The van der Waals surface area contributed by atoms with Gasteiger partial charge in [-0.3, -0.25) is 4.90 Å². The smallest absolute Gasteiger partial charge is 0.0678 e. The minimum absolute atomic E-state index is 0.343. The first-order valence-electron chi connectivity index (χ1n) is 9.21. The van der Waals surface area contributed by atoms with Gasteiger partial charge in [-0.15, -0.1) is 0 Å². The zero-order valence-electron chi connectivity index (χ0n) is 15.0. The number of morpholine rings is 2. The van der Waals surface area contributed by atoms with E-state index >= 15 is 0 Å². The second-order valence-electron chi connectivity index (χ2n) is 6.92. The molecule has 0 aliphatic carbocycles. The van der Waals surface area contributed by atoms with Gasteiger partial charge in [0.1, 0.15) is 0 Å². The molecule has 2 aliphatic heterocycles. The fraction of sp³-hybridized carbons (Fsp3) is 0.684. The van der Waals surface area contributed by atoms with E-state index in [1.165, 1.54) is 11.3 Å². The zero-order valence-corrected chi connectivity index (χ0v) is 15.0. The first-order valence-corrected chi connectivity index (χ1v) is 9.21. The molecule has 0 bridgehead atoms. The summed E-state index contributed by atoms with van der Waals surface area (Å²) in [6.07, 6.45) is 0.687. The predicted octanol–water partition coefficient (Wildman–Crippen LogP) is 1.72. The van der Waals surface area contributed by atoms with Crippen molar-refractivity contribution in [3.8, 4) is 0 Å². The zero-order chi connectivity index (χ0) is 16.8. The molecule has 0 saturated carbocycles. The molecule has 1 N–H and O–H groups in total. The summed E-state index contributed by atoms with van der Waals surface area (Å²) in [5, 5.41) is 3.62. The van der Waals surface area contributed by atoms with Gasteiger partial charge in [-0.05, 0) is 25.5 Å². The number of benzene rings is 1. The lowest BCUT2D eigenvalue weighted by Crippen LogP contribution is -2.47. The molecule has 0 radical (unpaired) electrons. The molecule has 2 saturated heterocycles. The third-order valence-corrected chi connectivity index (χ3v) is 4.76. The number of hydrogen-bond acceptors (Lipinski definition) is 5. The highest BCUT2D eigenvalue weighted by Crippen LogP contribution is 2.21. The van der Waals surface area contributed by atoms with Crippen LogP contribution >= 0.6 is 0 Å². The molecule has 0 unspecified atom stereocenters. The number of anilines is 1. The lowest BCUT2D eigenvalue weighted by atomic mass is 10.1. The summed E-state index contributed by atoms with van der Waals surface area (Å²) in [4.78, 5) is 4.94. The number of nitrogens with one attached hydrogen (secondary N) is 1. The fourth-order valence-electron chi connectivity index (χ4n) is 3.70. The Morgan fingerprint density at radius 3 is 2.54 bits per heavy atom. The maximum Gasteiger partial charge on any atom is 0.0678 e. The molecule has 5 nitrogen and oxygen atoms in total. The summed E-state index contributed by atoms with van der Waals surface area (Å²) in [6.45, 7) is 13.0. The van der Waals surface area contributed by atoms with Crippen molar-refractivity contribution in [2.24, 2.45) is 0 Å². The van der Waals surface area contributed by atoms with E-state index in [1.54, 1.807) is 0 Å². The highest BCUT2D eigenvalue weighted by molar-refractivity contribution is 5.53. The number of nitrogens with zero attached hydrogens (tertiary/aromatic N) is 2. The van der Waals surface area contributed by atoms with Crippen LogP contribution < -0.4 is 10.2 Å². The molecule has 0 amide bonds. The average Bonchev–Trinajstić information content (AvgIpc) is 2.59. The predicted molar refractivity (Wildman–Crippen MR) is 97.6 cm³/mol. The van der Waals surface area contributed by atoms with Gasteiger partial charge in [0.25, 0.3) is 0 Å². The van der Waals surface area contributed by atoms with Crippen LogP contribution in [-0.2, 0) is 16.0 Å². The summed E-state index contributed by atoms with van der Waals surface area (Å²) >= 11 is 0. The van der Waals surface area contributed by atoms with Gasteiger partial charge >= 0.3 is 0 Å². The molecule has 24 heavy (non-hydrogen) atoms. The molecule has 3 rings (SSSR count). The average molecular weight is 333 g/mol. The van der Waals surface area contributed by atoms with Gasteiger partial charge in [0.05, 0.1) is 25.4 Å². The Hall–Kier alpha value is -1.14. The molecule has 2 aliphatic rings. The molecular weight excluding hydrogens is 302 g/mol. The Balaban J connectivity index is 1.46. The summed E-state index contributed by atoms with van der Waals surface area (Å²) in [7, 11) is 0. The van der Waals surface area contributed by atoms with Gasteiger partial charge in [-0.2, -0.15) is 0 Å². The van der Waals surface area contributed by atoms with Crippen LogP contribution in [0.1, 0.15) is 19.4 Å². The molecule has 1 aromatic carbocycles. The fourth-order valence-corrected chi connectivity index (χ4v) is 3.70. The van der Waals surface area contributed by atoms with Crippen LogP contribution in [0.15, 0.2) is 24.3 Å². The van der Waals surface area contributed by atoms with E-state index in [1.807, 2.05) is 0 Å². The third-order valence-electron chi connectivity index (χ3n) is 4.76. The summed E-state index contributed by atoms with van der Waals surface area (Å²) < 4.78 is 11.3. The second-order valence-corrected chi connectivity index (χ2v) is 6.92. The molecule has 0 aromatic heterocycles. The van der Waals surface area contributed by atoms with Gasteiger partial charge in [0.15, 0.2) is 0 Å². The van der Waals surface area contributed by atoms with Crippen LogP contribution in [0.3, 0.4) is 0 Å². The Morgan fingerprint density at radius 1 is 1.08 bits per heavy atom. The van der Waals surface area contributed by atoms with E-state index in [9.17, 15) is 0 Å². The second kappa shape index (κ2) is 8.81. The minimum Gasteiger partial charge on any atom is -0.378 e. The standard InChI is InChI=1S/C19H31N3O2/c1-16-14-21(15-17(2)24-16)8-7-20-13-18-5-3-4-6-19(18)22-9-11-23-12-10-22/h3-6,16-17,20H,7-15H2,1-2H3/t16-,17-/m1/s1. The van der Waals surface area contributed by atoms with E-state index in [-0.39, 0.29) is 0 Å². The molecule has 1 aromatic rings. The Kier molecular flexibility index (Phi) is 6.49. The summed E-state index contributed by atoms with van der Waals surface area (Å²) in [5.41, 5.74) is 2.73. The maximum atomic E-state index is 5.80. The van der Waals surface area contributed by atoms with Crippen molar-refractivity contribution in [3.63, 3.8) is 0 Å². The first kappa shape index (κ1) is 17.7. The SMILES string of the molecule is C[C@@H]1CN(CCNCc2ccccc2N2CCOCC2)C[C@@H](C)O1. The van der Waals surface area contributed by atoms with Gasteiger partial charge in [0, 0.05) is 51.5 Å². The maximum absolute atomic E-state index is 5.80. The van der Waals surface area contributed by atoms with Crippen molar-refractivity contribution in [1.82, 2.24) is 10.2 Å². The first-order chi connectivity index (χ1) is 11.7. The van der Waals surface area contributed by atoms with Crippen molar-refractivity contribution in [2.45, 2.75) is 32.6 Å². The largest absolute Gasteiger partial charge is 0.378 e. The summed E-state index contributed by atoms with van der Waals surface area (Å²) in [6, 6.07) is 8.72. The van der Waals surface area contributed by atoms with Crippen LogP contribution in [-0.4, -0.2) is 69.6 Å². The molecule has 134 valence electrons. The number of para-hydroxylation sites is 1. The van der Waals surface area contributed by atoms with Crippen LogP contribution in [0, 0.1) is 0 Å². The Morgan fingerprint density at radius 2 is 1.79 bits per heavy atom. The molecular formula is C19H31N3O2. The third kappa shape index (κ3) is 4.93. The van der Waals surface area contributed by atoms with Gasteiger partial charge in [-0.1, -0.05) is 18.2 Å². The van der Waals surface area contributed by atoms with E-state index in [2.05, 4.69) is 53.2 Å². The van der Waals surface area contributed by atoms with Crippen molar-refractivity contribution < 1.29 is 9.47 Å². The molecule has 2 atom stereocenters. The highest BCUT2D eigenvalue weighted by Gasteiger charge is 2.21. The molecule has 2 heterocycles. The normalized spacial score (nSPS) is 25.8. The monoisotopic (exact) mass is 333 g/mol. The topological polar surface area (TPSA) is 37.0 Å². The Bertz CT molecular complexity index is 495. The van der Waals surface area contributed by atoms with E-state index in [0.29, 0.717) is 12.2 Å². The highest BCUT2D eigenvalue weighted by atomic mass is 16.5. The van der Waals surface area contributed by atoms with Crippen LogP contribution in [0.2, 0.25) is 0 Å². The van der Waals surface area contributed by atoms with Gasteiger partial charge < -0.3 is 19.7 Å². The summed E-state index contributed by atoms with van der Waals surface area (Å²) in [5.74, 6) is 0. The lowest BCUT2D eigenvalue weighted by molar-refractivity contribution is -0.0674. The van der Waals surface area contributed by atoms with Gasteiger partial charge in [0.2, 0.25) is 0 Å². The van der Waals surface area contributed by atoms with Crippen molar-refractivity contribution in [3.05, 3.63) is 29.8 Å². The van der Waals surface area contributed by atoms with Crippen LogP contribution in [0.25, 0.3) is 0 Å². The number of rotatable bonds is 6. The van der Waals surface area contributed by atoms with Crippen LogP contribution in [0.5, 0.6) is 0 Å². The molecule has 5 heteroatoms.